The molecule has 1 aliphatic heterocycles. The molecule has 0 unspecified atom stereocenters. The number of anilines is 2. The quantitative estimate of drug-likeness (QED) is 0.624. The Morgan fingerprint density at radius 2 is 1.89 bits per heavy atom. The molecule has 1 amide bonds. The fourth-order valence-corrected chi connectivity index (χ4v) is 3.25. The Morgan fingerprint density at radius 3 is 2.56 bits per heavy atom. The topological polar surface area (TPSA) is 50.5 Å². The zero-order valence-electron chi connectivity index (χ0n) is 13.8. The lowest BCUT2D eigenvalue weighted by atomic mass is 10.1. The second-order valence-corrected chi connectivity index (χ2v) is 6.10. The van der Waals surface area contributed by atoms with E-state index in [1.165, 1.54) is 0 Å². The molecule has 3 heterocycles. The highest BCUT2D eigenvalue weighted by atomic mass is 19.4. The lowest BCUT2D eigenvalue weighted by molar-refractivity contribution is -0.137. The van der Waals surface area contributed by atoms with E-state index in [1.807, 2.05) is 0 Å². The SMILES string of the molecule is Cc1cccc2c1N(c1c(C(F)(F)F)ccc3nc(C(F)F)nn13)C(=O)C2. The minimum atomic E-state index is -4.83. The molecule has 4 rings (SSSR count). The van der Waals surface area contributed by atoms with Gasteiger partial charge in [0.15, 0.2) is 11.5 Å². The zero-order chi connectivity index (χ0) is 19.5. The second-order valence-electron chi connectivity index (χ2n) is 6.10. The van der Waals surface area contributed by atoms with E-state index in [1.54, 1.807) is 25.1 Å². The van der Waals surface area contributed by atoms with Crippen molar-refractivity contribution in [2.24, 2.45) is 0 Å². The number of carbonyl (C=O) groups is 1. The zero-order valence-corrected chi connectivity index (χ0v) is 13.8. The normalized spacial score (nSPS) is 14.5. The molecule has 0 spiro atoms. The standard InChI is InChI=1S/C17H11F5N4O/c1-8-3-2-4-9-7-12(27)25(13(8)9)16-10(17(20,21)22)5-6-11-23-15(14(18)19)24-26(11)16/h2-6,14H,7H2,1H3. The summed E-state index contributed by atoms with van der Waals surface area (Å²) in [7, 11) is 0. The van der Waals surface area contributed by atoms with E-state index in [2.05, 4.69) is 10.1 Å². The van der Waals surface area contributed by atoms with Crippen LogP contribution < -0.4 is 4.90 Å². The Morgan fingerprint density at radius 1 is 1.15 bits per heavy atom. The Labute approximate surface area is 149 Å². The highest BCUT2D eigenvalue weighted by Gasteiger charge is 2.41. The first-order valence-corrected chi connectivity index (χ1v) is 7.85. The van der Waals surface area contributed by atoms with E-state index >= 15 is 0 Å². The summed E-state index contributed by atoms with van der Waals surface area (Å²) < 4.78 is 67.6. The highest BCUT2D eigenvalue weighted by Crippen LogP contribution is 2.44. The van der Waals surface area contributed by atoms with Crippen LogP contribution in [-0.2, 0) is 17.4 Å². The number of benzene rings is 1. The summed E-state index contributed by atoms with van der Waals surface area (Å²) in [5.74, 6) is -2.16. The third kappa shape index (κ3) is 2.63. The number of hydrogen-bond donors (Lipinski definition) is 0. The van der Waals surface area contributed by atoms with Gasteiger partial charge in [0, 0.05) is 0 Å². The van der Waals surface area contributed by atoms with Crippen LogP contribution in [0.4, 0.5) is 33.5 Å². The maximum absolute atomic E-state index is 13.7. The molecule has 3 aromatic rings. The van der Waals surface area contributed by atoms with E-state index in [0.29, 0.717) is 21.3 Å². The monoisotopic (exact) mass is 382 g/mol. The number of amides is 1. The Bertz CT molecular complexity index is 1070. The van der Waals surface area contributed by atoms with Gasteiger partial charge in [-0.05, 0) is 30.2 Å². The molecule has 140 valence electrons. The van der Waals surface area contributed by atoms with Crippen molar-refractivity contribution in [1.29, 1.82) is 0 Å². The van der Waals surface area contributed by atoms with Gasteiger partial charge in [0.2, 0.25) is 11.7 Å². The number of para-hydroxylation sites is 1. The molecule has 0 saturated heterocycles. The van der Waals surface area contributed by atoms with Crippen molar-refractivity contribution in [2.75, 3.05) is 4.90 Å². The van der Waals surface area contributed by atoms with Crippen LogP contribution >= 0.6 is 0 Å². The number of fused-ring (bicyclic) bond motifs is 2. The van der Waals surface area contributed by atoms with Crippen LogP contribution in [0, 0.1) is 6.92 Å². The second kappa shape index (κ2) is 5.73. The summed E-state index contributed by atoms with van der Waals surface area (Å²) in [6.45, 7) is 1.66. The largest absolute Gasteiger partial charge is 0.419 e. The van der Waals surface area contributed by atoms with Crippen molar-refractivity contribution < 1.29 is 26.7 Å². The molecule has 0 radical (unpaired) electrons. The number of pyridine rings is 1. The lowest BCUT2D eigenvalue weighted by Gasteiger charge is -2.23. The van der Waals surface area contributed by atoms with Gasteiger partial charge in [-0.2, -0.15) is 17.7 Å². The summed E-state index contributed by atoms with van der Waals surface area (Å²) in [6.07, 6.45) is -7.98. The van der Waals surface area contributed by atoms with Crippen molar-refractivity contribution in [3.05, 3.63) is 52.8 Å². The van der Waals surface area contributed by atoms with Gasteiger partial charge in [-0.3, -0.25) is 9.69 Å². The number of hydrogen-bond acceptors (Lipinski definition) is 3. The lowest BCUT2D eigenvalue weighted by Crippen LogP contribution is -2.27. The Hall–Kier alpha value is -3.04. The highest BCUT2D eigenvalue weighted by molar-refractivity contribution is 6.08. The molecule has 0 N–H and O–H groups in total. The van der Waals surface area contributed by atoms with E-state index in [0.717, 1.165) is 17.0 Å². The molecule has 2 aromatic heterocycles. The van der Waals surface area contributed by atoms with E-state index in [4.69, 9.17) is 0 Å². The molecule has 0 bridgehead atoms. The molecule has 0 aliphatic carbocycles. The fraction of sp³-hybridized carbons (Fsp3) is 0.235. The summed E-state index contributed by atoms with van der Waals surface area (Å²) in [6, 6.07) is 6.66. The van der Waals surface area contributed by atoms with Crippen molar-refractivity contribution >= 4 is 23.1 Å². The summed E-state index contributed by atoms with van der Waals surface area (Å²) in [4.78, 5) is 17.1. The smallest absolute Gasteiger partial charge is 0.274 e. The summed E-state index contributed by atoms with van der Waals surface area (Å²) in [5, 5.41) is 3.53. The molecule has 1 aromatic carbocycles. The van der Waals surface area contributed by atoms with Gasteiger partial charge >= 0.3 is 6.18 Å². The van der Waals surface area contributed by atoms with Crippen LogP contribution in [-0.4, -0.2) is 20.5 Å². The van der Waals surface area contributed by atoms with Gasteiger partial charge < -0.3 is 0 Å². The van der Waals surface area contributed by atoms with Gasteiger partial charge in [-0.15, -0.1) is 5.10 Å². The molecule has 5 nitrogen and oxygen atoms in total. The number of aromatic nitrogens is 3. The number of alkyl halides is 5. The average molecular weight is 382 g/mol. The Kier molecular flexibility index (Phi) is 3.69. The minimum Gasteiger partial charge on any atom is -0.274 e. The maximum atomic E-state index is 13.7. The van der Waals surface area contributed by atoms with Gasteiger partial charge in [0.1, 0.15) is 0 Å². The molecule has 10 heteroatoms. The van der Waals surface area contributed by atoms with Crippen LogP contribution in [0.3, 0.4) is 0 Å². The third-order valence-corrected chi connectivity index (χ3v) is 4.34. The summed E-state index contributed by atoms with van der Waals surface area (Å²) in [5.41, 5.74) is 0.0694. The maximum Gasteiger partial charge on any atom is 0.419 e. The number of halogens is 5. The molecular formula is C17H11F5N4O. The van der Waals surface area contributed by atoms with Crippen molar-refractivity contribution in [3.63, 3.8) is 0 Å². The van der Waals surface area contributed by atoms with Crippen LogP contribution in [0.1, 0.15) is 28.9 Å². The van der Waals surface area contributed by atoms with Crippen LogP contribution in [0.5, 0.6) is 0 Å². The number of rotatable bonds is 2. The first-order chi connectivity index (χ1) is 12.7. The van der Waals surface area contributed by atoms with Crippen LogP contribution in [0.15, 0.2) is 30.3 Å². The molecule has 0 atom stereocenters. The summed E-state index contributed by atoms with van der Waals surface area (Å²) >= 11 is 0. The molecule has 27 heavy (non-hydrogen) atoms. The van der Waals surface area contributed by atoms with E-state index in [9.17, 15) is 26.7 Å². The molecule has 0 fully saturated rings. The molecular weight excluding hydrogens is 371 g/mol. The van der Waals surface area contributed by atoms with Gasteiger partial charge in [0.05, 0.1) is 17.7 Å². The van der Waals surface area contributed by atoms with Crippen LogP contribution in [0.25, 0.3) is 5.65 Å². The fourth-order valence-electron chi connectivity index (χ4n) is 3.25. The predicted molar refractivity (Wildman–Crippen MR) is 85.0 cm³/mol. The molecule has 0 saturated carbocycles. The number of aryl methyl sites for hydroxylation is 1. The van der Waals surface area contributed by atoms with Crippen molar-refractivity contribution in [2.45, 2.75) is 25.9 Å². The predicted octanol–water partition coefficient (Wildman–Crippen LogP) is 4.21. The minimum absolute atomic E-state index is 0.0961. The van der Waals surface area contributed by atoms with Crippen molar-refractivity contribution in [3.8, 4) is 0 Å². The van der Waals surface area contributed by atoms with Crippen LogP contribution in [0.2, 0.25) is 0 Å². The average Bonchev–Trinajstić information content (AvgIpc) is 3.14. The first-order valence-electron chi connectivity index (χ1n) is 7.85. The first kappa shape index (κ1) is 17.4. The van der Waals surface area contributed by atoms with Gasteiger partial charge in [-0.25, -0.2) is 13.8 Å². The van der Waals surface area contributed by atoms with Crippen molar-refractivity contribution in [1.82, 2.24) is 14.6 Å². The van der Waals surface area contributed by atoms with E-state index < -0.39 is 35.7 Å². The number of nitrogens with zero attached hydrogens (tertiary/aromatic N) is 4. The number of carbonyl (C=O) groups excluding carboxylic acids is 1. The molecule has 1 aliphatic rings. The van der Waals surface area contributed by atoms with Gasteiger partial charge in [0.25, 0.3) is 6.43 Å². The van der Waals surface area contributed by atoms with Gasteiger partial charge in [-0.1, -0.05) is 18.2 Å². The Balaban J connectivity index is 2.07. The third-order valence-electron chi connectivity index (χ3n) is 4.34. The van der Waals surface area contributed by atoms with E-state index in [-0.39, 0.29) is 12.1 Å².